The van der Waals surface area contributed by atoms with E-state index < -0.39 is 12.7 Å². The van der Waals surface area contributed by atoms with Gasteiger partial charge in [-0.05, 0) is 36.5 Å². The standard InChI is InChI=1S/C14H17F3N2/c15-14(16,17)9-19(12-2-3-12)8-10-1-4-13-11(7-10)5-6-18-13/h1,4,7,12,18H,2-3,5-6,8-9H2. The van der Waals surface area contributed by atoms with Crippen molar-refractivity contribution in [1.29, 1.82) is 0 Å². The van der Waals surface area contributed by atoms with Crippen LogP contribution < -0.4 is 5.32 Å². The van der Waals surface area contributed by atoms with Crippen molar-refractivity contribution in [2.75, 3.05) is 18.4 Å². The van der Waals surface area contributed by atoms with Crippen molar-refractivity contribution in [2.45, 2.75) is 38.0 Å². The Hall–Kier alpha value is -1.23. The van der Waals surface area contributed by atoms with Crippen LogP contribution >= 0.6 is 0 Å². The van der Waals surface area contributed by atoms with Gasteiger partial charge >= 0.3 is 6.18 Å². The number of benzene rings is 1. The van der Waals surface area contributed by atoms with Crippen LogP contribution in [-0.4, -0.2) is 30.2 Å². The Labute approximate surface area is 110 Å². The summed E-state index contributed by atoms with van der Waals surface area (Å²) in [5, 5.41) is 3.26. The van der Waals surface area contributed by atoms with E-state index in [1.165, 1.54) is 5.56 Å². The third kappa shape index (κ3) is 3.21. The average Bonchev–Trinajstić information content (AvgIpc) is 3.06. The third-order valence-electron chi connectivity index (χ3n) is 3.71. The smallest absolute Gasteiger partial charge is 0.384 e. The maximum atomic E-state index is 12.6. The zero-order valence-electron chi connectivity index (χ0n) is 10.6. The maximum absolute atomic E-state index is 12.6. The van der Waals surface area contributed by atoms with Gasteiger partial charge in [-0.25, -0.2) is 0 Å². The fourth-order valence-corrected chi connectivity index (χ4v) is 2.68. The van der Waals surface area contributed by atoms with Crippen LogP contribution in [0.5, 0.6) is 0 Å². The monoisotopic (exact) mass is 270 g/mol. The first kappa shape index (κ1) is 12.8. The molecule has 1 heterocycles. The predicted octanol–water partition coefficient (Wildman–Crippen LogP) is 3.18. The molecule has 1 N–H and O–H groups in total. The zero-order valence-corrected chi connectivity index (χ0v) is 10.6. The molecule has 2 nitrogen and oxygen atoms in total. The van der Waals surface area contributed by atoms with Crippen molar-refractivity contribution in [2.24, 2.45) is 0 Å². The van der Waals surface area contributed by atoms with Crippen LogP contribution in [0.2, 0.25) is 0 Å². The summed E-state index contributed by atoms with van der Waals surface area (Å²) >= 11 is 0. The van der Waals surface area contributed by atoms with Gasteiger partial charge in [0.2, 0.25) is 0 Å². The number of rotatable bonds is 4. The molecule has 104 valence electrons. The molecule has 0 unspecified atom stereocenters. The summed E-state index contributed by atoms with van der Waals surface area (Å²) < 4.78 is 37.7. The quantitative estimate of drug-likeness (QED) is 0.904. The molecule has 2 aliphatic rings. The van der Waals surface area contributed by atoms with Gasteiger partial charge in [-0.1, -0.05) is 12.1 Å². The second kappa shape index (κ2) is 4.71. The van der Waals surface area contributed by atoms with E-state index in [1.807, 2.05) is 18.2 Å². The second-order valence-electron chi connectivity index (χ2n) is 5.42. The van der Waals surface area contributed by atoms with Gasteiger partial charge in [-0.15, -0.1) is 0 Å². The molecule has 1 aliphatic carbocycles. The van der Waals surface area contributed by atoms with Crippen LogP contribution in [-0.2, 0) is 13.0 Å². The molecule has 19 heavy (non-hydrogen) atoms. The van der Waals surface area contributed by atoms with Crippen LogP contribution in [0.25, 0.3) is 0 Å². The van der Waals surface area contributed by atoms with Crippen molar-refractivity contribution < 1.29 is 13.2 Å². The van der Waals surface area contributed by atoms with Gasteiger partial charge in [0.25, 0.3) is 0 Å². The average molecular weight is 270 g/mol. The Morgan fingerprint density at radius 3 is 2.74 bits per heavy atom. The molecule has 1 aromatic rings. The lowest BCUT2D eigenvalue weighted by Crippen LogP contribution is -2.35. The highest BCUT2D eigenvalue weighted by Crippen LogP contribution is 2.32. The minimum absolute atomic E-state index is 0.119. The van der Waals surface area contributed by atoms with E-state index in [1.54, 1.807) is 4.90 Å². The SMILES string of the molecule is FC(F)(F)CN(Cc1ccc2c(c1)CCN2)C1CC1. The van der Waals surface area contributed by atoms with Gasteiger partial charge < -0.3 is 5.32 Å². The largest absolute Gasteiger partial charge is 0.401 e. The molecule has 1 aliphatic heterocycles. The molecule has 0 saturated heterocycles. The highest BCUT2D eigenvalue weighted by atomic mass is 19.4. The molecule has 0 radical (unpaired) electrons. The van der Waals surface area contributed by atoms with Crippen molar-refractivity contribution >= 4 is 5.69 Å². The van der Waals surface area contributed by atoms with E-state index in [9.17, 15) is 13.2 Å². The summed E-state index contributed by atoms with van der Waals surface area (Å²) in [4.78, 5) is 1.56. The molecule has 0 amide bonds. The van der Waals surface area contributed by atoms with Crippen molar-refractivity contribution in [1.82, 2.24) is 4.90 Å². The first-order valence-electron chi connectivity index (χ1n) is 6.68. The molecule has 0 bridgehead atoms. The summed E-state index contributed by atoms with van der Waals surface area (Å²) in [7, 11) is 0. The van der Waals surface area contributed by atoms with Crippen LogP contribution in [0.1, 0.15) is 24.0 Å². The molecule has 1 fully saturated rings. The summed E-state index contributed by atoms with van der Waals surface area (Å²) in [6, 6.07) is 6.08. The van der Waals surface area contributed by atoms with Crippen LogP contribution in [0.3, 0.4) is 0 Å². The molecule has 0 atom stereocenters. The molecular formula is C14H17F3N2. The van der Waals surface area contributed by atoms with Gasteiger partial charge in [0.05, 0.1) is 6.54 Å². The van der Waals surface area contributed by atoms with Gasteiger partial charge in [0.15, 0.2) is 0 Å². The fraction of sp³-hybridized carbons (Fsp3) is 0.571. The second-order valence-corrected chi connectivity index (χ2v) is 5.42. The van der Waals surface area contributed by atoms with Gasteiger partial charge in [0, 0.05) is 24.8 Å². The zero-order chi connectivity index (χ0) is 13.5. The topological polar surface area (TPSA) is 15.3 Å². The lowest BCUT2D eigenvalue weighted by Gasteiger charge is -2.23. The lowest BCUT2D eigenvalue weighted by atomic mass is 10.1. The number of fused-ring (bicyclic) bond motifs is 1. The van der Waals surface area contributed by atoms with Crippen molar-refractivity contribution in [3.05, 3.63) is 29.3 Å². The number of alkyl halides is 3. The highest BCUT2D eigenvalue weighted by Gasteiger charge is 2.37. The van der Waals surface area contributed by atoms with E-state index >= 15 is 0 Å². The van der Waals surface area contributed by atoms with Crippen molar-refractivity contribution in [3.63, 3.8) is 0 Å². The molecule has 1 aromatic carbocycles. The van der Waals surface area contributed by atoms with Gasteiger partial charge in [-0.2, -0.15) is 13.2 Å². The van der Waals surface area contributed by atoms with E-state index in [0.29, 0.717) is 6.54 Å². The van der Waals surface area contributed by atoms with E-state index in [4.69, 9.17) is 0 Å². The van der Waals surface area contributed by atoms with Gasteiger partial charge in [-0.3, -0.25) is 4.90 Å². The number of halogens is 3. The maximum Gasteiger partial charge on any atom is 0.401 e. The summed E-state index contributed by atoms with van der Waals surface area (Å²) in [5.41, 5.74) is 3.33. The Kier molecular flexibility index (Phi) is 3.17. The van der Waals surface area contributed by atoms with Gasteiger partial charge in [0.1, 0.15) is 0 Å². The Bertz CT molecular complexity index is 466. The first-order valence-corrected chi connectivity index (χ1v) is 6.68. The van der Waals surface area contributed by atoms with Crippen LogP contribution in [0, 0.1) is 0 Å². The summed E-state index contributed by atoms with van der Waals surface area (Å²) in [6.07, 6.45) is -1.36. The minimum atomic E-state index is -4.11. The predicted molar refractivity (Wildman–Crippen MR) is 68.1 cm³/mol. The van der Waals surface area contributed by atoms with Crippen LogP contribution in [0.15, 0.2) is 18.2 Å². The molecule has 3 rings (SSSR count). The van der Waals surface area contributed by atoms with E-state index in [0.717, 1.165) is 37.1 Å². The number of anilines is 1. The number of hydrogen-bond donors (Lipinski definition) is 1. The van der Waals surface area contributed by atoms with Crippen molar-refractivity contribution in [3.8, 4) is 0 Å². The summed E-state index contributed by atoms with van der Waals surface area (Å²) in [6.45, 7) is 0.526. The minimum Gasteiger partial charge on any atom is -0.384 e. The van der Waals surface area contributed by atoms with E-state index in [-0.39, 0.29) is 6.04 Å². The number of hydrogen-bond acceptors (Lipinski definition) is 2. The summed E-state index contributed by atoms with van der Waals surface area (Å²) in [5.74, 6) is 0. The normalized spacial score (nSPS) is 18.5. The molecular weight excluding hydrogens is 253 g/mol. The fourth-order valence-electron chi connectivity index (χ4n) is 2.68. The molecule has 5 heteroatoms. The number of nitrogens with zero attached hydrogens (tertiary/aromatic N) is 1. The molecule has 0 aromatic heterocycles. The Morgan fingerprint density at radius 2 is 2.05 bits per heavy atom. The Morgan fingerprint density at radius 1 is 1.26 bits per heavy atom. The molecule has 1 saturated carbocycles. The highest BCUT2D eigenvalue weighted by molar-refractivity contribution is 5.56. The third-order valence-corrected chi connectivity index (χ3v) is 3.71. The first-order chi connectivity index (χ1) is 9.01. The van der Waals surface area contributed by atoms with E-state index in [2.05, 4.69) is 5.32 Å². The lowest BCUT2D eigenvalue weighted by molar-refractivity contribution is -0.148. The number of nitrogens with one attached hydrogen (secondary N) is 1. The van der Waals surface area contributed by atoms with Crippen LogP contribution in [0.4, 0.5) is 18.9 Å². The molecule has 0 spiro atoms. The Balaban J connectivity index is 1.71.